The summed E-state index contributed by atoms with van der Waals surface area (Å²) in [4.78, 5) is 12.8. The van der Waals surface area contributed by atoms with Crippen LogP contribution in [0.15, 0.2) is 60.7 Å². The summed E-state index contributed by atoms with van der Waals surface area (Å²) < 4.78 is 13.6. The smallest absolute Gasteiger partial charge is 0.550 e. The van der Waals surface area contributed by atoms with Crippen LogP contribution in [0.1, 0.15) is 43.0 Å². The number of carbonyl (C=O) groups is 1. The second kappa shape index (κ2) is 12.6. The average Bonchev–Trinajstić information content (AvgIpc) is 3.12. The van der Waals surface area contributed by atoms with Crippen molar-refractivity contribution in [2.24, 2.45) is 0 Å². The Balaban J connectivity index is 0.00000385. The molecule has 0 aliphatic heterocycles. The predicted molar refractivity (Wildman–Crippen MR) is 125 cm³/mol. The molecule has 7 heteroatoms. The number of aliphatic hydroxyl groups is 2. The molecule has 4 nitrogen and oxygen atoms in total. The van der Waals surface area contributed by atoms with Gasteiger partial charge in [0.05, 0.1) is 12.2 Å². The number of aliphatic carboxylic acids is 1. The van der Waals surface area contributed by atoms with E-state index in [0.717, 1.165) is 32.0 Å². The molecule has 0 spiro atoms. The molecular formula is C26H26FNaO4S. The van der Waals surface area contributed by atoms with E-state index in [2.05, 4.69) is 13.8 Å². The Morgan fingerprint density at radius 2 is 1.70 bits per heavy atom. The van der Waals surface area contributed by atoms with Crippen molar-refractivity contribution in [1.82, 2.24) is 0 Å². The van der Waals surface area contributed by atoms with Crippen LogP contribution < -0.4 is 34.7 Å². The third kappa shape index (κ3) is 7.34. The van der Waals surface area contributed by atoms with Crippen LogP contribution >= 0.6 is 11.3 Å². The number of carboxylic acids is 1. The van der Waals surface area contributed by atoms with E-state index in [-0.39, 0.29) is 47.7 Å². The van der Waals surface area contributed by atoms with E-state index < -0.39 is 24.6 Å². The van der Waals surface area contributed by atoms with Crippen LogP contribution in [0.3, 0.4) is 0 Å². The third-order valence-electron chi connectivity index (χ3n) is 5.07. The van der Waals surface area contributed by atoms with Gasteiger partial charge in [-0.25, -0.2) is 4.39 Å². The molecule has 0 amide bonds. The molecule has 0 fully saturated rings. The average molecular weight is 477 g/mol. The van der Waals surface area contributed by atoms with E-state index in [9.17, 15) is 24.5 Å². The number of hydrogen-bond donors (Lipinski definition) is 2. The number of hydrogen-bond acceptors (Lipinski definition) is 5. The molecule has 0 aliphatic carbocycles. The molecule has 1 heterocycles. The van der Waals surface area contributed by atoms with Crippen LogP contribution in [0, 0.1) is 5.82 Å². The van der Waals surface area contributed by atoms with Gasteiger partial charge in [-0.1, -0.05) is 68.5 Å². The number of halogens is 1. The maximum Gasteiger partial charge on any atom is 1.00 e. The summed E-state index contributed by atoms with van der Waals surface area (Å²) in [6.07, 6.45) is 0.526. The fraction of sp³-hybridized carbons (Fsp3) is 0.269. The summed E-state index contributed by atoms with van der Waals surface area (Å²) in [7, 11) is 0. The first kappa shape index (κ1) is 27.4. The van der Waals surface area contributed by atoms with E-state index in [1.807, 2.05) is 36.4 Å². The first-order chi connectivity index (χ1) is 15.3. The van der Waals surface area contributed by atoms with Crippen molar-refractivity contribution < 1.29 is 54.1 Å². The third-order valence-corrected chi connectivity index (χ3v) is 6.62. The first-order valence-corrected chi connectivity index (χ1v) is 11.3. The Bertz CT molecular complexity index is 1080. The minimum atomic E-state index is -1.36. The van der Waals surface area contributed by atoms with E-state index in [1.54, 1.807) is 29.5 Å². The van der Waals surface area contributed by atoms with Crippen molar-refractivity contribution in [3.05, 3.63) is 76.9 Å². The van der Waals surface area contributed by atoms with Crippen LogP contribution in [0.5, 0.6) is 0 Å². The molecule has 0 bridgehead atoms. The second-order valence-electron chi connectivity index (χ2n) is 8.00. The van der Waals surface area contributed by atoms with Gasteiger partial charge in [-0.05, 0) is 34.7 Å². The van der Waals surface area contributed by atoms with Crippen molar-refractivity contribution in [3.8, 4) is 21.6 Å². The summed E-state index contributed by atoms with van der Waals surface area (Å²) in [5, 5.41) is 30.8. The number of carboxylic acid groups (broad SMARTS) is 1. The van der Waals surface area contributed by atoms with Gasteiger partial charge in [0.15, 0.2) is 0 Å². The summed E-state index contributed by atoms with van der Waals surface area (Å²) in [6.45, 7) is 4.18. The number of aliphatic hydroxyl groups excluding tert-OH is 2. The Kier molecular flexibility index (Phi) is 10.5. The molecule has 2 atom stereocenters. The van der Waals surface area contributed by atoms with Gasteiger partial charge in [0.1, 0.15) is 5.82 Å². The molecule has 3 rings (SSSR count). The quantitative estimate of drug-likeness (QED) is 0.460. The fourth-order valence-corrected chi connectivity index (χ4v) is 4.91. The van der Waals surface area contributed by atoms with Crippen LogP contribution in [0.4, 0.5) is 4.39 Å². The van der Waals surface area contributed by atoms with Gasteiger partial charge in [-0.3, -0.25) is 0 Å². The Hall–Kier alpha value is -1.80. The molecule has 0 saturated carbocycles. The summed E-state index contributed by atoms with van der Waals surface area (Å²) in [5.41, 5.74) is 3.77. The molecule has 0 aliphatic rings. The second-order valence-corrected chi connectivity index (χ2v) is 9.06. The molecule has 0 unspecified atom stereocenters. The van der Waals surface area contributed by atoms with E-state index in [4.69, 9.17) is 0 Å². The maximum atomic E-state index is 13.6. The molecule has 0 radical (unpaired) electrons. The molecule has 33 heavy (non-hydrogen) atoms. The van der Waals surface area contributed by atoms with Crippen LogP contribution in [0.2, 0.25) is 0 Å². The van der Waals surface area contributed by atoms with E-state index >= 15 is 0 Å². The van der Waals surface area contributed by atoms with Crippen LogP contribution in [0.25, 0.3) is 27.6 Å². The Labute approximate surface area is 219 Å². The van der Waals surface area contributed by atoms with Crippen molar-refractivity contribution in [1.29, 1.82) is 0 Å². The summed E-state index contributed by atoms with van der Waals surface area (Å²) in [6, 6.07) is 16.3. The molecular weight excluding hydrogens is 450 g/mol. The molecule has 2 N–H and O–H groups in total. The van der Waals surface area contributed by atoms with Gasteiger partial charge < -0.3 is 20.1 Å². The van der Waals surface area contributed by atoms with E-state index in [1.165, 1.54) is 12.1 Å². The van der Waals surface area contributed by atoms with Gasteiger partial charge in [-0.15, -0.1) is 11.3 Å². The maximum absolute atomic E-state index is 13.6. The SMILES string of the molecule is CC(C)c1sc(-c2ccccc2)c(-c2ccc(F)cc2)c1/C=C/[C@@H](O)C[C@@H](O)CC(=O)[O-].[Na+]. The topological polar surface area (TPSA) is 80.6 Å². The molecule has 3 aromatic rings. The number of carbonyl (C=O) groups excluding carboxylic acids is 1. The molecule has 168 valence electrons. The molecule has 0 saturated heterocycles. The van der Waals surface area contributed by atoms with Crippen molar-refractivity contribution in [3.63, 3.8) is 0 Å². The Morgan fingerprint density at radius 3 is 2.27 bits per heavy atom. The largest absolute Gasteiger partial charge is 1.00 e. The fourth-order valence-electron chi connectivity index (χ4n) is 3.59. The summed E-state index contributed by atoms with van der Waals surface area (Å²) >= 11 is 1.66. The Morgan fingerprint density at radius 1 is 1.06 bits per heavy atom. The minimum absolute atomic E-state index is 0. The zero-order chi connectivity index (χ0) is 23.3. The number of thiophene rings is 1. The number of rotatable bonds is 9. The molecule has 1 aromatic heterocycles. The molecule has 2 aromatic carbocycles. The minimum Gasteiger partial charge on any atom is -0.550 e. The van der Waals surface area contributed by atoms with Gasteiger partial charge in [0, 0.05) is 34.1 Å². The van der Waals surface area contributed by atoms with Crippen LogP contribution in [-0.2, 0) is 4.79 Å². The van der Waals surface area contributed by atoms with Gasteiger partial charge >= 0.3 is 29.6 Å². The monoisotopic (exact) mass is 476 g/mol. The van der Waals surface area contributed by atoms with Crippen LogP contribution in [-0.4, -0.2) is 28.4 Å². The van der Waals surface area contributed by atoms with Crippen molar-refractivity contribution in [2.75, 3.05) is 0 Å². The zero-order valence-electron chi connectivity index (χ0n) is 19.0. The van der Waals surface area contributed by atoms with Gasteiger partial charge in [-0.2, -0.15) is 0 Å². The van der Waals surface area contributed by atoms with E-state index in [0.29, 0.717) is 0 Å². The van der Waals surface area contributed by atoms with Gasteiger partial charge in [0.25, 0.3) is 0 Å². The predicted octanol–water partition coefficient (Wildman–Crippen LogP) is 1.61. The zero-order valence-corrected chi connectivity index (χ0v) is 21.8. The summed E-state index contributed by atoms with van der Waals surface area (Å²) in [5.74, 6) is -1.47. The first-order valence-electron chi connectivity index (χ1n) is 10.5. The van der Waals surface area contributed by atoms with Crippen molar-refractivity contribution in [2.45, 2.75) is 44.8 Å². The standard InChI is InChI=1S/C26H27FO4S.Na/c1-16(2)25-22(13-12-20(28)14-21(29)15-23(30)31)24(17-8-10-19(27)11-9-17)26(32-25)18-6-4-3-5-7-18;/h3-13,16,20-21,28-29H,14-15H2,1-2H3,(H,30,31);/q;+1/p-1/b13-12+;/t20-,21-;/m1./s1. The normalized spacial score (nSPS) is 13.2. The van der Waals surface area contributed by atoms with Gasteiger partial charge in [0.2, 0.25) is 0 Å². The van der Waals surface area contributed by atoms with Crippen molar-refractivity contribution >= 4 is 23.4 Å². The number of benzene rings is 2.